The van der Waals surface area contributed by atoms with Gasteiger partial charge >= 0.3 is 6.18 Å². The summed E-state index contributed by atoms with van der Waals surface area (Å²) in [5.41, 5.74) is 3.11. The number of hydrogen-bond donors (Lipinski definition) is 2. The van der Waals surface area contributed by atoms with E-state index in [4.69, 9.17) is 5.84 Å². The van der Waals surface area contributed by atoms with E-state index < -0.39 is 11.7 Å². The second-order valence-corrected chi connectivity index (χ2v) is 5.64. The molecule has 0 amide bonds. The predicted molar refractivity (Wildman–Crippen MR) is 72.7 cm³/mol. The smallest absolute Gasteiger partial charge is 0.271 e. The Balaban J connectivity index is 2.28. The van der Waals surface area contributed by atoms with Gasteiger partial charge in [0.2, 0.25) is 0 Å². The Morgan fingerprint density at radius 2 is 1.75 bits per heavy atom. The van der Waals surface area contributed by atoms with E-state index in [0.29, 0.717) is 0 Å². The van der Waals surface area contributed by atoms with Crippen molar-refractivity contribution in [1.29, 1.82) is 0 Å². The maximum absolute atomic E-state index is 12.6. The number of hydrogen-bond acceptors (Lipinski definition) is 2. The molecule has 2 rings (SSSR count). The van der Waals surface area contributed by atoms with Gasteiger partial charge in [0.05, 0.1) is 11.6 Å². The average molecular weight is 286 g/mol. The zero-order chi connectivity index (χ0) is 14.8. The van der Waals surface area contributed by atoms with E-state index in [1.807, 2.05) is 0 Å². The Bertz CT molecular complexity index is 433. The zero-order valence-corrected chi connectivity index (χ0v) is 11.6. The van der Waals surface area contributed by atoms with Crippen molar-refractivity contribution in [3.63, 3.8) is 0 Å². The first kappa shape index (κ1) is 15.3. The third-order valence-corrected chi connectivity index (χ3v) is 4.65. The molecule has 0 aliphatic heterocycles. The maximum atomic E-state index is 12.6. The lowest BCUT2D eigenvalue weighted by molar-refractivity contribution is -0.137. The van der Waals surface area contributed by atoms with Crippen LogP contribution in [0.3, 0.4) is 0 Å². The molecule has 0 radical (unpaired) electrons. The van der Waals surface area contributed by atoms with E-state index >= 15 is 0 Å². The summed E-state index contributed by atoms with van der Waals surface area (Å²) < 4.78 is 37.8. The van der Waals surface area contributed by atoms with Crippen LogP contribution >= 0.6 is 0 Å². The number of halogens is 3. The van der Waals surface area contributed by atoms with Crippen LogP contribution in [0.2, 0.25) is 0 Å². The van der Waals surface area contributed by atoms with Crippen molar-refractivity contribution < 1.29 is 13.2 Å². The molecule has 3 N–H and O–H groups in total. The second-order valence-electron chi connectivity index (χ2n) is 5.64. The highest BCUT2D eigenvalue weighted by Gasteiger charge is 2.40. The van der Waals surface area contributed by atoms with Gasteiger partial charge in [-0.15, -0.1) is 0 Å². The summed E-state index contributed by atoms with van der Waals surface area (Å²) >= 11 is 0. The van der Waals surface area contributed by atoms with Crippen LogP contribution in [0.25, 0.3) is 0 Å². The highest BCUT2D eigenvalue weighted by molar-refractivity contribution is 5.28. The summed E-state index contributed by atoms with van der Waals surface area (Å²) in [6.45, 7) is 2.12. The molecule has 20 heavy (non-hydrogen) atoms. The van der Waals surface area contributed by atoms with Gasteiger partial charge in [-0.05, 0) is 42.4 Å². The predicted octanol–water partition coefficient (Wildman–Crippen LogP) is 4.18. The third kappa shape index (κ3) is 2.83. The molecule has 0 aromatic heterocycles. The monoisotopic (exact) mass is 286 g/mol. The minimum Gasteiger partial charge on any atom is -0.271 e. The van der Waals surface area contributed by atoms with Crippen LogP contribution in [0, 0.1) is 5.41 Å². The van der Waals surface area contributed by atoms with Crippen LogP contribution in [0.4, 0.5) is 13.2 Å². The Morgan fingerprint density at radius 1 is 1.20 bits per heavy atom. The van der Waals surface area contributed by atoms with Gasteiger partial charge in [0.25, 0.3) is 0 Å². The molecular weight excluding hydrogens is 265 g/mol. The summed E-state index contributed by atoms with van der Waals surface area (Å²) in [6.07, 6.45) is 1.14. The lowest BCUT2D eigenvalue weighted by Gasteiger charge is -2.37. The number of nitrogens with one attached hydrogen (secondary N) is 1. The first-order valence-corrected chi connectivity index (χ1v) is 7.06. The Kier molecular flexibility index (Phi) is 4.39. The van der Waals surface area contributed by atoms with Crippen molar-refractivity contribution in [3.05, 3.63) is 35.4 Å². The van der Waals surface area contributed by atoms with E-state index in [1.54, 1.807) is 12.1 Å². The number of hydrazine groups is 1. The van der Waals surface area contributed by atoms with Crippen LogP contribution in [0.5, 0.6) is 0 Å². The average Bonchev–Trinajstić information content (AvgIpc) is 2.89. The Morgan fingerprint density at radius 3 is 2.15 bits per heavy atom. The fourth-order valence-corrected chi connectivity index (χ4v) is 3.42. The van der Waals surface area contributed by atoms with E-state index in [2.05, 4.69) is 12.3 Å². The van der Waals surface area contributed by atoms with Gasteiger partial charge in [-0.3, -0.25) is 11.3 Å². The molecule has 1 unspecified atom stereocenters. The number of nitrogens with two attached hydrogens (primary N) is 1. The molecule has 1 saturated carbocycles. The van der Waals surface area contributed by atoms with Crippen molar-refractivity contribution >= 4 is 0 Å². The van der Waals surface area contributed by atoms with Crippen LogP contribution in [0.1, 0.15) is 56.2 Å². The molecule has 1 aliphatic carbocycles. The molecule has 2 nitrogen and oxygen atoms in total. The molecule has 1 aromatic carbocycles. The first-order valence-electron chi connectivity index (χ1n) is 7.06. The lowest BCUT2D eigenvalue weighted by atomic mass is 9.73. The third-order valence-electron chi connectivity index (χ3n) is 4.65. The molecule has 0 bridgehead atoms. The topological polar surface area (TPSA) is 38.0 Å². The molecule has 1 fully saturated rings. The normalized spacial score (nSPS) is 20.1. The van der Waals surface area contributed by atoms with Gasteiger partial charge in [0, 0.05) is 0 Å². The molecule has 0 saturated heterocycles. The first-order chi connectivity index (χ1) is 9.43. The second kappa shape index (κ2) is 5.74. The molecular formula is C15H21F3N2. The molecule has 1 aromatic rings. The van der Waals surface area contributed by atoms with E-state index in [9.17, 15) is 13.2 Å². The summed E-state index contributed by atoms with van der Waals surface area (Å²) in [5.74, 6) is 5.70. The molecule has 0 spiro atoms. The fourth-order valence-electron chi connectivity index (χ4n) is 3.42. The van der Waals surface area contributed by atoms with Crippen LogP contribution < -0.4 is 11.3 Å². The quantitative estimate of drug-likeness (QED) is 0.643. The van der Waals surface area contributed by atoms with Crippen LogP contribution in [-0.2, 0) is 6.18 Å². The lowest BCUT2D eigenvalue weighted by Crippen LogP contribution is -2.40. The SMILES string of the molecule is CCC1(C(NN)c2ccc(C(F)(F)F)cc2)CCCC1. The van der Waals surface area contributed by atoms with Gasteiger partial charge in [-0.1, -0.05) is 31.9 Å². The van der Waals surface area contributed by atoms with E-state index in [-0.39, 0.29) is 11.5 Å². The summed E-state index contributed by atoms with van der Waals surface area (Å²) in [5, 5.41) is 0. The van der Waals surface area contributed by atoms with Crippen molar-refractivity contribution in [1.82, 2.24) is 5.43 Å². The van der Waals surface area contributed by atoms with Gasteiger partial charge < -0.3 is 0 Å². The van der Waals surface area contributed by atoms with Crippen molar-refractivity contribution in [2.75, 3.05) is 0 Å². The van der Waals surface area contributed by atoms with E-state index in [0.717, 1.165) is 49.8 Å². The van der Waals surface area contributed by atoms with Gasteiger partial charge in [0.15, 0.2) is 0 Å². The van der Waals surface area contributed by atoms with Crippen molar-refractivity contribution in [3.8, 4) is 0 Å². The molecule has 1 aliphatic rings. The van der Waals surface area contributed by atoms with Crippen LogP contribution in [0.15, 0.2) is 24.3 Å². The fraction of sp³-hybridized carbons (Fsp3) is 0.600. The van der Waals surface area contributed by atoms with Crippen molar-refractivity contribution in [2.24, 2.45) is 11.3 Å². The Labute approximate surface area is 117 Å². The summed E-state index contributed by atoms with van der Waals surface area (Å²) in [7, 11) is 0. The Hall–Kier alpha value is -1.07. The van der Waals surface area contributed by atoms with Gasteiger partial charge in [-0.2, -0.15) is 13.2 Å². The zero-order valence-electron chi connectivity index (χ0n) is 11.6. The molecule has 112 valence electrons. The highest BCUT2D eigenvalue weighted by Crippen LogP contribution is 2.49. The molecule has 5 heteroatoms. The molecule has 1 atom stereocenters. The summed E-state index contributed by atoms with van der Waals surface area (Å²) in [4.78, 5) is 0. The largest absolute Gasteiger partial charge is 0.416 e. The number of rotatable bonds is 4. The number of benzene rings is 1. The van der Waals surface area contributed by atoms with Crippen LogP contribution in [-0.4, -0.2) is 0 Å². The standard InChI is InChI=1S/C15H21F3N2/c1-2-14(9-3-4-10-14)13(20-19)11-5-7-12(8-6-11)15(16,17)18/h5-8,13,20H,2-4,9-10,19H2,1H3. The minimum atomic E-state index is -4.29. The maximum Gasteiger partial charge on any atom is 0.416 e. The van der Waals surface area contributed by atoms with Gasteiger partial charge in [-0.25, -0.2) is 0 Å². The van der Waals surface area contributed by atoms with E-state index in [1.165, 1.54) is 0 Å². The minimum absolute atomic E-state index is 0.0640. The summed E-state index contributed by atoms with van der Waals surface area (Å²) in [6, 6.07) is 5.28. The highest BCUT2D eigenvalue weighted by atomic mass is 19.4. The van der Waals surface area contributed by atoms with Crippen molar-refractivity contribution in [2.45, 2.75) is 51.2 Å². The van der Waals surface area contributed by atoms with Gasteiger partial charge in [0.1, 0.15) is 0 Å². The molecule has 0 heterocycles. The number of alkyl halides is 3.